The Morgan fingerprint density at radius 3 is 1.58 bits per heavy atom. The molecule has 1 heterocycles. The van der Waals surface area contributed by atoms with Gasteiger partial charge in [0.25, 0.3) is 0 Å². The van der Waals surface area contributed by atoms with Crippen LogP contribution in [-0.4, -0.2) is 15.0 Å². The lowest BCUT2D eigenvalue weighted by Gasteiger charge is -2.29. The Morgan fingerprint density at radius 1 is 0.365 bits per heavy atom. The summed E-state index contributed by atoms with van der Waals surface area (Å²) in [6.45, 7) is 6.76. The van der Waals surface area contributed by atoms with Crippen molar-refractivity contribution in [2.75, 3.05) is 0 Å². The third-order valence-corrected chi connectivity index (χ3v) is 10.7. The molecule has 1 aliphatic carbocycles. The summed E-state index contributed by atoms with van der Waals surface area (Å²) in [6.07, 6.45) is 0. The molecule has 3 nitrogen and oxygen atoms in total. The molecule has 1 unspecified atom stereocenters. The van der Waals surface area contributed by atoms with E-state index in [-0.39, 0.29) is 0 Å². The maximum atomic E-state index is 5.17. The fourth-order valence-corrected chi connectivity index (χ4v) is 7.92. The van der Waals surface area contributed by atoms with Gasteiger partial charge in [-0.2, -0.15) is 0 Å². The second-order valence-corrected chi connectivity index (χ2v) is 13.9. The van der Waals surface area contributed by atoms with Crippen molar-refractivity contribution in [3.63, 3.8) is 0 Å². The molecule has 1 aromatic heterocycles. The molecule has 1 aliphatic rings. The van der Waals surface area contributed by atoms with E-state index >= 15 is 0 Å². The molecule has 0 saturated carbocycles. The molecule has 52 heavy (non-hydrogen) atoms. The summed E-state index contributed by atoms with van der Waals surface area (Å²) in [5.41, 5.74) is 16.1. The standard InChI is InChI=1S/C49H37N3/c1-32-16-13-14-23-39(32)42-30-36(27-26-33(42)2)37-28-29-40-44(31-37)49(3,38-21-11-6-12-22-38)43-25-15-24-41(45(40)43)48-51-46(34-17-7-4-8-18-34)50-47(52-48)35-19-9-5-10-20-35/h4-31H,1-3H3. The van der Waals surface area contributed by atoms with Crippen molar-refractivity contribution in [3.8, 4) is 67.5 Å². The fourth-order valence-electron chi connectivity index (χ4n) is 7.92. The summed E-state index contributed by atoms with van der Waals surface area (Å²) in [4.78, 5) is 15.3. The van der Waals surface area contributed by atoms with Crippen molar-refractivity contribution in [1.29, 1.82) is 0 Å². The van der Waals surface area contributed by atoms with Crippen LogP contribution in [-0.2, 0) is 5.41 Å². The Hall–Kier alpha value is -6.45. The summed E-state index contributed by atoms with van der Waals surface area (Å²) < 4.78 is 0. The molecule has 0 radical (unpaired) electrons. The van der Waals surface area contributed by atoms with E-state index in [1.54, 1.807) is 0 Å². The van der Waals surface area contributed by atoms with E-state index in [9.17, 15) is 0 Å². The molecular formula is C49H37N3. The second kappa shape index (κ2) is 12.7. The van der Waals surface area contributed by atoms with Crippen molar-refractivity contribution < 1.29 is 0 Å². The second-order valence-electron chi connectivity index (χ2n) is 13.9. The molecule has 0 aliphatic heterocycles. The van der Waals surface area contributed by atoms with E-state index < -0.39 is 5.41 Å². The summed E-state index contributed by atoms with van der Waals surface area (Å²) in [5.74, 6) is 1.98. The van der Waals surface area contributed by atoms with Gasteiger partial charge in [0.15, 0.2) is 17.5 Å². The Kier molecular flexibility index (Phi) is 7.70. The Balaban J connectivity index is 1.26. The Bertz CT molecular complexity index is 2540. The first-order valence-corrected chi connectivity index (χ1v) is 17.9. The molecule has 0 amide bonds. The van der Waals surface area contributed by atoms with Gasteiger partial charge in [-0.1, -0.05) is 158 Å². The van der Waals surface area contributed by atoms with Gasteiger partial charge in [0.1, 0.15) is 0 Å². The molecule has 0 spiro atoms. The third kappa shape index (κ3) is 5.25. The van der Waals surface area contributed by atoms with Crippen molar-refractivity contribution in [2.45, 2.75) is 26.2 Å². The molecular weight excluding hydrogens is 631 g/mol. The zero-order valence-electron chi connectivity index (χ0n) is 29.5. The van der Waals surface area contributed by atoms with Crippen LogP contribution in [0.2, 0.25) is 0 Å². The van der Waals surface area contributed by atoms with E-state index in [0.29, 0.717) is 17.5 Å². The predicted octanol–water partition coefficient (Wildman–Crippen LogP) is 12.2. The summed E-state index contributed by atoms with van der Waals surface area (Å²) in [5, 5.41) is 0. The number of aryl methyl sites for hydroxylation is 2. The van der Waals surface area contributed by atoms with Gasteiger partial charge in [0, 0.05) is 22.1 Å². The number of rotatable bonds is 6. The first-order chi connectivity index (χ1) is 25.5. The number of hydrogen-bond donors (Lipinski definition) is 0. The summed E-state index contributed by atoms with van der Waals surface area (Å²) >= 11 is 0. The van der Waals surface area contributed by atoms with Gasteiger partial charge in [0.05, 0.1) is 0 Å². The largest absolute Gasteiger partial charge is 0.208 e. The zero-order valence-corrected chi connectivity index (χ0v) is 29.5. The van der Waals surface area contributed by atoms with E-state index in [4.69, 9.17) is 15.0 Å². The zero-order chi connectivity index (χ0) is 35.2. The molecule has 7 aromatic carbocycles. The normalized spacial score (nSPS) is 14.5. The minimum Gasteiger partial charge on any atom is -0.208 e. The van der Waals surface area contributed by atoms with Crippen LogP contribution in [0.25, 0.3) is 67.5 Å². The number of fused-ring (bicyclic) bond motifs is 3. The van der Waals surface area contributed by atoms with E-state index in [0.717, 1.165) is 16.7 Å². The Morgan fingerprint density at radius 2 is 0.904 bits per heavy atom. The van der Waals surface area contributed by atoms with Crippen LogP contribution in [0.15, 0.2) is 170 Å². The van der Waals surface area contributed by atoms with Gasteiger partial charge >= 0.3 is 0 Å². The number of aromatic nitrogens is 3. The molecule has 8 aromatic rings. The van der Waals surface area contributed by atoms with Crippen LogP contribution in [0.5, 0.6) is 0 Å². The van der Waals surface area contributed by atoms with Gasteiger partial charge in [-0.3, -0.25) is 0 Å². The van der Waals surface area contributed by atoms with Crippen molar-refractivity contribution in [1.82, 2.24) is 15.0 Å². The smallest absolute Gasteiger partial charge is 0.164 e. The number of nitrogens with zero attached hydrogens (tertiary/aromatic N) is 3. The number of hydrogen-bond acceptors (Lipinski definition) is 3. The average Bonchev–Trinajstić information content (AvgIpc) is 3.47. The molecule has 248 valence electrons. The molecule has 0 fully saturated rings. The van der Waals surface area contributed by atoms with Gasteiger partial charge in [-0.25, -0.2) is 15.0 Å². The fraction of sp³-hybridized carbons (Fsp3) is 0.0816. The SMILES string of the molecule is Cc1ccccc1-c1cc(-c2ccc3c(c2)C(C)(c2ccccc2)c2cccc(-c4nc(-c5ccccc5)nc(-c5ccccc5)n4)c2-3)ccc1C. The summed E-state index contributed by atoms with van der Waals surface area (Å²) in [7, 11) is 0. The van der Waals surface area contributed by atoms with Crippen molar-refractivity contribution in [3.05, 3.63) is 198 Å². The highest BCUT2D eigenvalue weighted by molar-refractivity contribution is 5.94. The average molecular weight is 668 g/mol. The van der Waals surface area contributed by atoms with Gasteiger partial charge < -0.3 is 0 Å². The molecule has 9 rings (SSSR count). The van der Waals surface area contributed by atoms with Crippen LogP contribution >= 0.6 is 0 Å². The van der Waals surface area contributed by atoms with Crippen molar-refractivity contribution >= 4 is 0 Å². The Labute approximate surface area is 305 Å². The maximum absolute atomic E-state index is 5.17. The molecule has 1 atom stereocenters. The summed E-state index contributed by atoms with van der Waals surface area (Å²) in [6, 6.07) is 60.4. The highest BCUT2D eigenvalue weighted by Gasteiger charge is 2.42. The predicted molar refractivity (Wildman–Crippen MR) is 214 cm³/mol. The van der Waals surface area contributed by atoms with Gasteiger partial charge in [-0.15, -0.1) is 0 Å². The van der Waals surface area contributed by atoms with Crippen LogP contribution < -0.4 is 0 Å². The molecule has 0 bridgehead atoms. The topological polar surface area (TPSA) is 38.7 Å². The highest BCUT2D eigenvalue weighted by Crippen LogP contribution is 2.55. The first kappa shape index (κ1) is 31.5. The number of benzene rings is 7. The van der Waals surface area contributed by atoms with Gasteiger partial charge in [-0.05, 0) is 94.1 Å². The van der Waals surface area contributed by atoms with Crippen LogP contribution in [0.1, 0.15) is 34.7 Å². The van der Waals surface area contributed by atoms with E-state index in [1.165, 1.54) is 61.2 Å². The highest BCUT2D eigenvalue weighted by atomic mass is 15.0. The minimum absolute atomic E-state index is 0.404. The minimum atomic E-state index is -0.404. The lowest BCUT2D eigenvalue weighted by atomic mass is 9.73. The first-order valence-electron chi connectivity index (χ1n) is 17.9. The van der Waals surface area contributed by atoms with Gasteiger partial charge in [0.2, 0.25) is 0 Å². The van der Waals surface area contributed by atoms with Crippen LogP contribution in [0.4, 0.5) is 0 Å². The molecule has 3 heteroatoms. The lowest BCUT2D eigenvalue weighted by molar-refractivity contribution is 0.714. The lowest BCUT2D eigenvalue weighted by Crippen LogP contribution is -2.22. The quantitative estimate of drug-likeness (QED) is 0.177. The maximum Gasteiger partial charge on any atom is 0.164 e. The molecule has 0 N–H and O–H groups in total. The van der Waals surface area contributed by atoms with Crippen molar-refractivity contribution in [2.24, 2.45) is 0 Å². The van der Waals surface area contributed by atoms with E-state index in [1.807, 2.05) is 36.4 Å². The molecule has 0 saturated heterocycles. The van der Waals surface area contributed by atoms with E-state index in [2.05, 4.69) is 154 Å². The third-order valence-electron chi connectivity index (χ3n) is 10.7. The monoisotopic (exact) mass is 667 g/mol. The van der Waals surface area contributed by atoms with Crippen LogP contribution in [0.3, 0.4) is 0 Å². The van der Waals surface area contributed by atoms with Crippen LogP contribution in [0, 0.1) is 13.8 Å².